The predicted octanol–water partition coefficient (Wildman–Crippen LogP) is 0.879. The fourth-order valence-electron chi connectivity index (χ4n) is 3.18. The van der Waals surface area contributed by atoms with Crippen molar-refractivity contribution < 1.29 is 18.7 Å². The van der Waals surface area contributed by atoms with Gasteiger partial charge in [0, 0.05) is 44.9 Å². The van der Waals surface area contributed by atoms with Crippen LogP contribution in [0.1, 0.15) is 23.2 Å². The van der Waals surface area contributed by atoms with Crippen molar-refractivity contribution in [2.24, 2.45) is 0 Å². The lowest BCUT2D eigenvalue weighted by atomic mass is 10.2. The van der Waals surface area contributed by atoms with E-state index >= 15 is 0 Å². The number of nitrogens with one attached hydrogen (secondary N) is 1. The van der Waals surface area contributed by atoms with Crippen LogP contribution in [0.3, 0.4) is 0 Å². The number of carbonyl (C=O) groups is 2. The van der Waals surface area contributed by atoms with Crippen molar-refractivity contribution in [3.05, 3.63) is 35.6 Å². The molecule has 2 heterocycles. The quantitative estimate of drug-likeness (QED) is 0.857. The summed E-state index contributed by atoms with van der Waals surface area (Å²) in [6, 6.07) is 5.59. The molecule has 6 nitrogen and oxygen atoms in total. The lowest BCUT2D eigenvalue weighted by Gasteiger charge is -2.34. The number of piperazine rings is 1. The smallest absolute Gasteiger partial charge is 0.253 e. The van der Waals surface area contributed by atoms with Gasteiger partial charge in [0.1, 0.15) is 5.82 Å². The molecule has 0 aromatic heterocycles. The second-order valence-electron chi connectivity index (χ2n) is 6.51. The Balaban J connectivity index is 1.39. The van der Waals surface area contributed by atoms with Gasteiger partial charge in [-0.05, 0) is 37.1 Å². The highest BCUT2D eigenvalue weighted by atomic mass is 19.1. The minimum Gasteiger partial charge on any atom is -0.376 e. The number of hydrogen-bond donors (Lipinski definition) is 1. The summed E-state index contributed by atoms with van der Waals surface area (Å²) in [6.45, 7) is 4.13. The van der Waals surface area contributed by atoms with E-state index in [1.165, 1.54) is 24.3 Å². The minimum absolute atomic E-state index is 0.00573. The Labute approximate surface area is 146 Å². The zero-order valence-electron chi connectivity index (χ0n) is 14.2. The van der Waals surface area contributed by atoms with E-state index in [0.29, 0.717) is 44.8 Å². The van der Waals surface area contributed by atoms with Crippen LogP contribution in [0.5, 0.6) is 0 Å². The predicted molar refractivity (Wildman–Crippen MR) is 90.7 cm³/mol. The van der Waals surface area contributed by atoms with Gasteiger partial charge in [0.05, 0.1) is 12.6 Å². The number of hydrogen-bond acceptors (Lipinski definition) is 4. The van der Waals surface area contributed by atoms with Gasteiger partial charge in [0.2, 0.25) is 5.91 Å². The molecule has 1 aromatic carbocycles. The number of amides is 2. The molecule has 2 aliphatic heterocycles. The first-order valence-electron chi connectivity index (χ1n) is 8.77. The van der Waals surface area contributed by atoms with Crippen LogP contribution in [0.2, 0.25) is 0 Å². The van der Waals surface area contributed by atoms with Gasteiger partial charge >= 0.3 is 0 Å². The summed E-state index contributed by atoms with van der Waals surface area (Å²) in [7, 11) is 0. The third kappa shape index (κ3) is 4.99. The zero-order valence-corrected chi connectivity index (χ0v) is 14.2. The average Bonchev–Trinajstić information content (AvgIpc) is 3.14. The van der Waals surface area contributed by atoms with Gasteiger partial charge in [0.15, 0.2) is 0 Å². The highest BCUT2D eigenvalue weighted by Crippen LogP contribution is 2.11. The molecule has 0 bridgehead atoms. The highest BCUT2D eigenvalue weighted by Gasteiger charge is 2.24. The van der Waals surface area contributed by atoms with E-state index in [0.717, 1.165) is 19.4 Å². The molecule has 0 unspecified atom stereocenters. The summed E-state index contributed by atoms with van der Waals surface area (Å²) < 4.78 is 18.4. The Morgan fingerprint density at radius 2 is 1.88 bits per heavy atom. The first kappa shape index (κ1) is 17.8. The van der Waals surface area contributed by atoms with E-state index in [4.69, 9.17) is 4.74 Å². The van der Waals surface area contributed by atoms with E-state index < -0.39 is 0 Å². The second kappa shape index (κ2) is 8.40. The van der Waals surface area contributed by atoms with Crippen LogP contribution in [0.25, 0.3) is 0 Å². The van der Waals surface area contributed by atoms with Crippen LogP contribution in [0.4, 0.5) is 4.39 Å². The van der Waals surface area contributed by atoms with Crippen molar-refractivity contribution in [2.45, 2.75) is 18.9 Å². The molecule has 1 N–H and O–H groups in total. The summed E-state index contributed by atoms with van der Waals surface area (Å²) in [4.78, 5) is 28.2. The topological polar surface area (TPSA) is 61.9 Å². The molecule has 2 saturated heterocycles. The Kier molecular flexibility index (Phi) is 5.99. The fraction of sp³-hybridized carbons (Fsp3) is 0.556. The first-order valence-corrected chi connectivity index (χ1v) is 8.77. The average molecular weight is 349 g/mol. The van der Waals surface area contributed by atoms with E-state index in [1.54, 1.807) is 4.90 Å². The van der Waals surface area contributed by atoms with Gasteiger partial charge in [-0.1, -0.05) is 0 Å². The zero-order chi connectivity index (χ0) is 17.6. The molecule has 0 saturated carbocycles. The summed E-state index contributed by atoms with van der Waals surface area (Å²) in [5, 5.41) is 2.92. The van der Waals surface area contributed by atoms with Crippen molar-refractivity contribution >= 4 is 11.8 Å². The standard InChI is InChI=1S/C18H24FN3O3/c19-15-5-3-14(4-6-15)18(24)22-9-7-21(8-10-22)13-17(23)20-12-16-2-1-11-25-16/h3-6,16H,1-2,7-13H2,(H,20,23)/t16-/m1/s1. The number of carbonyl (C=O) groups excluding carboxylic acids is 2. The molecule has 0 aliphatic carbocycles. The molecule has 1 atom stereocenters. The molecule has 1 aromatic rings. The molecule has 2 amide bonds. The molecule has 136 valence electrons. The van der Waals surface area contributed by atoms with Crippen molar-refractivity contribution in [3.8, 4) is 0 Å². The molecule has 0 spiro atoms. The van der Waals surface area contributed by atoms with Gasteiger partial charge in [-0.15, -0.1) is 0 Å². The van der Waals surface area contributed by atoms with Crippen LogP contribution in [0.15, 0.2) is 24.3 Å². The maximum absolute atomic E-state index is 12.9. The summed E-state index contributed by atoms with van der Waals surface area (Å²) >= 11 is 0. The molecule has 2 aliphatic rings. The highest BCUT2D eigenvalue weighted by molar-refractivity contribution is 5.94. The van der Waals surface area contributed by atoms with Crippen LogP contribution in [-0.4, -0.2) is 73.6 Å². The third-order valence-corrected chi connectivity index (χ3v) is 4.67. The van der Waals surface area contributed by atoms with Crippen molar-refractivity contribution in [1.29, 1.82) is 0 Å². The number of ether oxygens (including phenoxy) is 1. The van der Waals surface area contributed by atoms with Gasteiger partial charge < -0.3 is 15.0 Å². The summed E-state index contributed by atoms with van der Waals surface area (Å²) in [5.74, 6) is -0.452. The summed E-state index contributed by atoms with van der Waals surface area (Å²) in [6.07, 6.45) is 2.21. The van der Waals surface area contributed by atoms with E-state index in [-0.39, 0.29) is 23.7 Å². The monoisotopic (exact) mass is 349 g/mol. The fourth-order valence-corrected chi connectivity index (χ4v) is 3.18. The van der Waals surface area contributed by atoms with Crippen molar-refractivity contribution in [2.75, 3.05) is 45.9 Å². The largest absolute Gasteiger partial charge is 0.376 e. The third-order valence-electron chi connectivity index (χ3n) is 4.67. The Hall–Kier alpha value is -1.99. The van der Waals surface area contributed by atoms with Crippen molar-refractivity contribution in [1.82, 2.24) is 15.1 Å². The lowest BCUT2D eigenvalue weighted by molar-refractivity contribution is -0.123. The molecule has 0 radical (unpaired) electrons. The molecular weight excluding hydrogens is 325 g/mol. The molecular formula is C18H24FN3O3. The number of rotatable bonds is 5. The van der Waals surface area contributed by atoms with Crippen LogP contribution >= 0.6 is 0 Å². The number of nitrogens with zero attached hydrogens (tertiary/aromatic N) is 2. The second-order valence-corrected chi connectivity index (χ2v) is 6.51. The van der Waals surface area contributed by atoms with Gasteiger partial charge in [-0.3, -0.25) is 14.5 Å². The molecule has 25 heavy (non-hydrogen) atoms. The Morgan fingerprint density at radius 3 is 2.52 bits per heavy atom. The van der Waals surface area contributed by atoms with Crippen LogP contribution in [0, 0.1) is 5.82 Å². The summed E-state index contributed by atoms with van der Waals surface area (Å²) in [5.41, 5.74) is 0.490. The minimum atomic E-state index is -0.351. The van der Waals surface area contributed by atoms with Gasteiger partial charge in [0.25, 0.3) is 5.91 Å². The number of benzene rings is 1. The number of halogens is 1. The SMILES string of the molecule is O=C(CN1CCN(C(=O)c2ccc(F)cc2)CC1)NC[C@H]1CCCO1. The van der Waals surface area contributed by atoms with E-state index in [2.05, 4.69) is 5.32 Å². The van der Waals surface area contributed by atoms with Gasteiger partial charge in [-0.2, -0.15) is 0 Å². The van der Waals surface area contributed by atoms with Crippen LogP contribution < -0.4 is 5.32 Å². The molecule has 2 fully saturated rings. The maximum atomic E-state index is 12.9. The van der Waals surface area contributed by atoms with E-state index in [1.807, 2.05) is 4.90 Å². The maximum Gasteiger partial charge on any atom is 0.253 e. The van der Waals surface area contributed by atoms with Gasteiger partial charge in [-0.25, -0.2) is 4.39 Å². The normalized spacial score (nSPS) is 21.3. The van der Waals surface area contributed by atoms with E-state index in [9.17, 15) is 14.0 Å². The molecule has 3 rings (SSSR count). The van der Waals surface area contributed by atoms with Crippen molar-refractivity contribution in [3.63, 3.8) is 0 Å². The first-order chi connectivity index (χ1) is 12.1. The lowest BCUT2D eigenvalue weighted by Crippen LogP contribution is -2.51. The Morgan fingerprint density at radius 1 is 1.16 bits per heavy atom. The molecule has 7 heteroatoms. The Bertz CT molecular complexity index is 594. The van der Waals surface area contributed by atoms with Crippen LogP contribution in [-0.2, 0) is 9.53 Å².